The summed E-state index contributed by atoms with van der Waals surface area (Å²) in [5.74, 6) is 1.06. The van der Waals surface area contributed by atoms with Gasteiger partial charge in [0, 0.05) is 122 Å². The number of carbonyl (C=O) groups excluding carboxylic acids is 3. The Hall–Kier alpha value is -7.63. The number of anilines is 1. The predicted molar refractivity (Wildman–Crippen MR) is 537 cm³/mol. The number of aromatic nitrogens is 4. The fraction of sp³-hybridized carbons (Fsp3) is 0.226. The summed E-state index contributed by atoms with van der Waals surface area (Å²) in [5.41, 5.74) is 15.9. The van der Waals surface area contributed by atoms with Crippen molar-refractivity contribution in [3.63, 3.8) is 0 Å². The maximum absolute atomic E-state index is 12.6. The van der Waals surface area contributed by atoms with Crippen LogP contribution in [0.5, 0.6) is 0 Å². The molecule has 0 fully saturated rings. The van der Waals surface area contributed by atoms with Crippen LogP contribution in [0.1, 0.15) is 87.9 Å². The third kappa shape index (κ3) is 32.9. The van der Waals surface area contributed by atoms with Gasteiger partial charge in [0.15, 0.2) is 49.2 Å². The molecule has 0 bridgehead atoms. The molecule has 4 aromatic heterocycles. The van der Waals surface area contributed by atoms with Gasteiger partial charge in [-0.1, -0.05) is 190 Å². The molecule has 20 nitrogen and oxygen atoms in total. The summed E-state index contributed by atoms with van der Waals surface area (Å²) >= 11 is 63.1. The van der Waals surface area contributed by atoms with Crippen LogP contribution in [0.25, 0.3) is 44.5 Å². The number of thioether (sulfide) groups is 1. The van der Waals surface area contributed by atoms with Gasteiger partial charge in [-0.2, -0.15) is 12.6 Å². The first-order valence-electron chi connectivity index (χ1n) is 39.7. The topological polar surface area (TPSA) is 337 Å². The fourth-order valence-electron chi connectivity index (χ4n) is 12.1. The summed E-state index contributed by atoms with van der Waals surface area (Å²) in [6, 6.07) is 53.1. The molecule has 0 aliphatic carbocycles. The average Bonchev–Trinajstić information content (AvgIpc) is 0.806. The Balaban J connectivity index is 0.000000228. The summed E-state index contributed by atoms with van der Waals surface area (Å²) in [6.07, 6.45) is 7.22. The van der Waals surface area contributed by atoms with E-state index in [1.54, 1.807) is 217 Å². The lowest BCUT2D eigenvalue weighted by Crippen LogP contribution is -2.09. The van der Waals surface area contributed by atoms with Crippen molar-refractivity contribution in [3.8, 4) is 44.5 Å². The van der Waals surface area contributed by atoms with Gasteiger partial charge in [-0.05, 0) is 228 Å². The SMILES string of the molecule is CCS.CCS(=O)(=O)c1ccc(-c2c(Cl)cc(CC(=O)Cc3ccc(Br)cn3)cc2Cl)cc1.CCS(=O)(=O)c1ccc(-c2c(Cl)cc(CC(=O)Cc3ccc(S(=O)(=O)CC)cn3)cc2Cl)cc1.CCS(=O)(=O)c1ccc(-c2c(Cl)cc(N)cc2Cl)cc1.CCSc1ccc(CC(=O)Cc2cc(Cl)c(-c3ccc(S(=O)(=O)CC)cc3)c(Cl)c2)nc1.O=C(O)Cc1ccc(Br)cn1. The van der Waals surface area contributed by atoms with E-state index in [-0.39, 0.29) is 116 Å². The minimum atomic E-state index is -3.35. The minimum Gasteiger partial charge on any atom is -0.481 e. The van der Waals surface area contributed by atoms with E-state index >= 15 is 0 Å². The number of rotatable bonds is 30. The number of carboxylic acid groups (broad SMARTS) is 1. The molecule has 12 rings (SSSR count). The molecule has 12 aromatic rings. The number of benzene rings is 8. The third-order valence-electron chi connectivity index (χ3n) is 18.8. The van der Waals surface area contributed by atoms with Gasteiger partial charge >= 0.3 is 5.97 Å². The van der Waals surface area contributed by atoms with E-state index in [1.165, 1.54) is 30.5 Å². The van der Waals surface area contributed by atoms with Crippen molar-refractivity contribution in [3.05, 3.63) is 308 Å². The molecule has 130 heavy (non-hydrogen) atoms. The molecular weight excluding hydrogens is 2090 g/mol. The van der Waals surface area contributed by atoms with Crippen LogP contribution in [-0.4, -0.2) is 131 Å². The summed E-state index contributed by atoms with van der Waals surface area (Å²) in [6.45, 7) is 12.0. The van der Waals surface area contributed by atoms with Gasteiger partial charge in [0.25, 0.3) is 0 Å². The van der Waals surface area contributed by atoms with Crippen LogP contribution in [-0.2, 0) is 113 Å². The standard InChI is InChI=1S/C24H23Cl2NO5S2.C24H23Cl2NO3S2.C22H18BrCl2NO3S.C14H13Cl2NO2S.C7H6BrNO2.C2H6S/c1-3-33(29,30)20-8-5-17(6-9-20)24-22(25)12-16(13-23(24)26)11-19(28)14-18-7-10-21(15-27-18)34(31,32)4-2;1-3-31-20-8-7-18(27-15-20)14-19(28)11-16-12-22(25)24(23(26)13-16)17-5-9-21(10-6-17)32(29,30)4-2;1-2-30(28,29)19-7-3-15(4-8-19)22-20(24)10-14(11-21(22)25)9-18(27)12-17-6-5-16(23)13-26-17;1-2-20(18,19)11-5-3-9(4-6-11)14-12(15)7-10(17)8-13(14)16;8-5-1-2-6(9-4-5)3-7(10)11;1-2-3/h5-10,12-13,15H,3-4,11,14H2,1-2H3;5-10,12-13,15H,3-4,11,14H2,1-2H3;3-8,10-11,13H,2,9,12H2,1H3;3-8H,2,17H2,1H3;1-2,4H,3H2,(H,10,11);3H,2H2,1H3. The van der Waals surface area contributed by atoms with Crippen molar-refractivity contribution in [1.82, 2.24) is 19.9 Å². The van der Waals surface area contributed by atoms with Gasteiger partial charge in [-0.3, -0.25) is 39.1 Å². The Morgan fingerprint density at radius 3 is 0.785 bits per heavy atom. The number of pyridine rings is 4. The maximum Gasteiger partial charge on any atom is 0.309 e. The number of carbonyl (C=O) groups is 4. The number of carboxylic acids is 1. The van der Waals surface area contributed by atoms with Gasteiger partial charge in [0.2, 0.25) is 0 Å². The number of sulfone groups is 5. The van der Waals surface area contributed by atoms with Gasteiger partial charge in [-0.15, -0.1) is 11.8 Å². The van der Waals surface area contributed by atoms with Crippen molar-refractivity contribution in [1.29, 1.82) is 0 Å². The molecule has 0 saturated carbocycles. The Labute approximate surface area is 825 Å². The normalized spacial score (nSPS) is 11.3. The highest BCUT2D eigenvalue weighted by Gasteiger charge is 2.23. The lowest BCUT2D eigenvalue weighted by molar-refractivity contribution is -0.136. The quantitative estimate of drug-likeness (QED) is 0.0214. The van der Waals surface area contributed by atoms with E-state index < -0.39 is 55.2 Å². The largest absolute Gasteiger partial charge is 0.481 e. The molecule has 688 valence electrons. The van der Waals surface area contributed by atoms with E-state index in [2.05, 4.69) is 71.3 Å². The summed E-state index contributed by atoms with van der Waals surface area (Å²) in [7, 11) is -16.4. The van der Waals surface area contributed by atoms with E-state index in [1.807, 2.05) is 25.1 Å². The Kier molecular flexibility index (Phi) is 43.1. The lowest BCUT2D eigenvalue weighted by atomic mass is 10.00. The molecule has 0 aliphatic heterocycles. The number of nitrogen functional groups attached to an aromatic ring is 1. The first-order valence-corrected chi connectivity index (χ1v) is 54.2. The third-order valence-corrected chi connectivity index (χ3v) is 31.7. The van der Waals surface area contributed by atoms with E-state index in [0.29, 0.717) is 113 Å². The first kappa shape index (κ1) is 109. The van der Waals surface area contributed by atoms with Crippen molar-refractivity contribution in [2.75, 3.05) is 46.0 Å². The second-order valence-corrected chi connectivity index (χ2v) is 46.6. The zero-order valence-electron chi connectivity index (χ0n) is 70.9. The van der Waals surface area contributed by atoms with E-state index in [4.69, 9.17) is 104 Å². The van der Waals surface area contributed by atoms with Gasteiger partial charge in [0.05, 0.1) is 106 Å². The van der Waals surface area contributed by atoms with Gasteiger partial charge in [0.1, 0.15) is 17.3 Å². The smallest absolute Gasteiger partial charge is 0.309 e. The molecule has 0 saturated heterocycles. The van der Waals surface area contributed by atoms with Crippen LogP contribution in [0, 0.1) is 0 Å². The van der Waals surface area contributed by atoms with Crippen LogP contribution in [0.4, 0.5) is 5.69 Å². The monoisotopic (exact) mass is 2180 g/mol. The van der Waals surface area contributed by atoms with Crippen LogP contribution >= 0.6 is 149 Å². The number of ketones is 3. The van der Waals surface area contributed by atoms with Gasteiger partial charge in [-0.25, -0.2) is 42.1 Å². The fourth-order valence-corrected chi connectivity index (χ4v) is 20.6. The second-order valence-electron chi connectivity index (χ2n) is 28.2. The number of nitrogens with zero attached hydrogens (tertiary/aromatic N) is 4. The van der Waals surface area contributed by atoms with Crippen LogP contribution in [0.15, 0.2) is 257 Å². The zero-order valence-corrected chi connectivity index (χ0v) is 85.9. The number of thiol groups is 1. The molecule has 0 unspecified atom stereocenters. The number of hydrogen-bond donors (Lipinski definition) is 3. The average molecular weight is 2180 g/mol. The molecule has 0 radical (unpaired) electrons. The Morgan fingerprint density at radius 1 is 0.331 bits per heavy atom. The number of Topliss-reactive ketones (excluding diaryl/α,β-unsaturated/α-hetero) is 3. The molecule has 0 atom stereocenters. The Bertz CT molecular complexity index is 6500. The Morgan fingerprint density at radius 2 is 0.562 bits per heavy atom. The van der Waals surface area contributed by atoms with Crippen molar-refractivity contribution >= 4 is 227 Å². The van der Waals surface area contributed by atoms with Crippen molar-refractivity contribution in [2.24, 2.45) is 0 Å². The highest BCUT2D eigenvalue weighted by atomic mass is 79.9. The number of nitrogens with two attached hydrogens (primary N) is 1. The van der Waals surface area contributed by atoms with Gasteiger partial charge < -0.3 is 10.8 Å². The molecule has 4 heterocycles. The predicted octanol–water partition coefficient (Wildman–Crippen LogP) is 23.7. The summed E-state index contributed by atoms with van der Waals surface area (Å²) < 4.78 is 121. The number of halogens is 10. The lowest BCUT2D eigenvalue weighted by Gasteiger charge is -2.11. The molecule has 0 amide bonds. The molecule has 0 spiro atoms. The first-order chi connectivity index (χ1) is 61.3. The van der Waals surface area contributed by atoms with Crippen LogP contribution < -0.4 is 5.73 Å². The van der Waals surface area contributed by atoms with Crippen LogP contribution in [0.3, 0.4) is 0 Å². The highest BCUT2D eigenvalue weighted by molar-refractivity contribution is 9.10. The molecule has 3 N–H and O–H groups in total. The molecule has 0 aliphatic rings. The molecule has 37 heteroatoms. The number of hydrogen-bond acceptors (Lipinski definition) is 21. The minimum absolute atomic E-state index is 0.00108. The summed E-state index contributed by atoms with van der Waals surface area (Å²) in [5, 5.41) is 11.5. The maximum atomic E-state index is 12.6. The van der Waals surface area contributed by atoms with E-state index in [9.17, 15) is 61.3 Å². The molecular formula is C93H89Br2Cl8N5O15S7. The van der Waals surface area contributed by atoms with Crippen molar-refractivity contribution in [2.45, 2.75) is 123 Å². The summed E-state index contributed by atoms with van der Waals surface area (Å²) in [4.78, 5) is 66.5. The number of aliphatic carboxylic acids is 1. The van der Waals surface area contributed by atoms with E-state index in [0.717, 1.165) is 42.2 Å². The van der Waals surface area contributed by atoms with Crippen LogP contribution in [0.2, 0.25) is 40.2 Å². The highest BCUT2D eigenvalue weighted by Crippen LogP contribution is 2.42. The zero-order chi connectivity index (χ0) is 96.2. The second kappa shape index (κ2) is 51.2. The van der Waals surface area contributed by atoms with Crippen molar-refractivity contribution < 1.29 is 66.4 Å². The molecule has 8 aromatic carbocycles.